The van der Waals surface area contributed by atoms with Crippen molar-refractivity contribution in [1.82, 2.24) is 14.8 Å². The van der Waals surface area contributed by atoms with Crippen LogP contribution in [0.15, 0.2) is 48.1 Å². The number of hydrogen-bond acceptors (Lipinski definition) is 3. The average Bonchev–Trinajstić information content (AvgIpc) is 2.88. The second-order valence-electron chi connectivity index (χ2n) is 5.02. The summed E-state index contributed by atoms with van der Waals surface area (Å²) in [4.78, 5) is 0. The van der Waals surface area contributed by atoms with Gasteiger partial charge >= 0.3 is 0 Å². The molecule has 0 aliphatic heterocycles. The first-order valence-corrected chi connectivity index (χ1v) is 8.53. The Bertz CT molecular complexity index is 548. The third kappa shape index (κ3) is 4.74. The molecular formula is C17H23N3S. The van der Waals surface area contributed by atoms with Gasteiger partial charge in [0.25, 0.3) is 0 Å². The van der Waals surface area contributed by atoms with Crippen LogP contribution in [-0.4, -0.2) is 20.5 Å². The van der Waals surface area contributed by atoms with Gasteiger partial charge in [-0.25, -0.2) is 0 Å². The standard InChI is InChI=1S/C17H23N3S/c1-3-5-9-13-21-17-19-18-16(20(17)12-4-2)14-15-10-7-6-8-11-15/h4,6-8,10-11H,2-3,5,9,12-14H2,1H3. The molecule has 1 aromatic carbocycles. The Labute approximate surface area is 131 Å². The van der Waals surface area contributed by atoms with Gasteiger partial charge in [0.05, 0.1) is 0 Å². The molecule has 0 N–H and O–H groups in total. The van der Waals surface area contributed by atoms with Gasteiger partial charge in [-0.3, -0.25) is 0 Å². The number of benzene rings is 1. The minimum Gasteiger partial charge on any atom is -0.302 e. The summed E-state index contributed by atoms with van der Waals surface area (Å²) in [6, 6.07) is 10.4. The van der Waals surface area contributed by atoms with Gasteiger partial charge in [0.1, 0.15) is 5.82 Å². The van der Waals surface area contributed by atoms with Gasteiger partial charge in [-0.1, -0.05) is 67.9 Å². The Balaban J connectivity index is 2.07. The highest BCUT2D eigenvalue weighted by Crippen LogP contribution is 2.20. The first-order chi connectivity index (χ1) is 10.3. The summed E-state index contributed by atoms with van der Waals surface area (Å²) < 4.78 is 2.18. The lowest BCUT2D eigenvalue weighted by molar-refractivity contribution is 0.689. The van der Waals surface area contributed by atoms with E-state index in [-0.39, 0.29) is 0 Å². The lowest BCUT2D eigenvalue weighted by Gasteiger charge is -2.07. The maximum atomic E-state index is 4.37. The molecule has 3 nitrogen and oxygen atoms in total. The molecule has 2 aromatic rings. The molecule has 0 saturated heterocycles. The van der Waals surface area contributed by atoms with Crippen molar-refractivity contribution >= 4 is 11.8 Å². The maximum absolute atomic E-state index is 4.37. The van der Waals surface area contributed by atoms with Crippen LogP contribution in [0.4, 0.5) is 0 Å². The third-order valence-corrected chi connectivity index (χ3v) is 4.34. The fourth-order valence-corrected chi connectivity index (χ4v) is 3.13. The third-order valence-electron chi connectivity index (χ3n) is 3.29. The molecule has 4 heteroatoms. The van der Waals surface area contributed by atoms with E-state index < -0.39 is 0 Å². The number of hydrogen-bond donors (Lipinski definition) is 0. The first kappa shape index (κ1) is 15.8. The summed E-state index contributed by atoms with van der Waals surface area (Å²) >= 11 is 1.80. The SMILES string of the molecule is C=CCn1c(Cc2ccccc2)nnc1SCCCCC. The number of aromatic nitrogens is 3. The molecule has 0 unspecified atom stereocenters. The average molecular weight is 301 g/mol. The van der Waals surface area contributed by atoms with E-state index in [4.69, 9.17) is 0 Å². The minimum absolute atomic E-state index is 0.769. The van der Waals surface area contributed by atoms with Crippen molar-refractivity contribution in [2.24, 2.45) is 0 Å². The molecule has 0 spiro atoms. The quantitative estimate of drug-likeness (QED) is 0.392. The summed E-state index contributed by atoms with van der Waals surface area (Å²) in [5, 5.41) is 9.74. The van der Waals surface area contributed by atoms with Gasteiger partial charge < -0.3 is 4.57 Å². The van der Waals surface area contributed by atoms with E-state index in [0.29, 0.717) is 0 Å². The molecule has 0 bridgehead atoms. The molecule has 0 radical (unpaired) electrons. The fourth-order valence-electron chi connectivity index (χ4n) is 2.16. The zero-order chi connectivity index (χ0) is 14.9. The van der Waals surface area contributed by atoms with E-state index in [9.17, 15) is 0 Å². The molecule has 1 aromatic heterocycles. The van der Waals surface area contributed by atoms with Crippen LogP contribution in [0.2, 0.25) is 0 Å². The molecule has 0 aliphatic rings. The van der Waals surface area contributed by atoms with Crippen LogP contribution in [0.3, 0.4) is 0 Å². The smallest absolute Gasteiger partial charge is 0.191 e. The highest BCUT2D eigenvalue weighted by atomic mass is 32.2. The number of unbranched alkanes of at least 4 members (excludes halogenated alkanes) is 2. The van der Waals surface area contributed by atoms with Crippen LogP contribution < -0.4 is 0 Å². The van der Waals surface area contributed by atoms with E-state index in [2.05, 4.69) is 52.5 Å². The molecule has 0 atom stereocenters. The lowest BCUT2D eigenvalue weighted by atomic mass is 10.1. The predicted molar refractivity (Wildman–Crippen MR) is 89.7 cm³/mol. The number of rotatable bonds is 9. The maximum Gasteiger partial charge on any atom is 0.191 e. The normalized spacial score (nSPS) is 10.7. The van der Waals surface area contributed by atoms with Crippen LogP contribution in [-0.2, 0) is 13.0 Å². The Morgan fingerprint density at radius 2 is 2.00 bits per heavy atom. The number of thioether (sulfide) groups is 1. The van der Waals surface area contributed by atoms with Crippen molar-refractivity contribution in [2.45, 2.75) is 44.3 Å². The molecule has 0 fully saturated rings. The molecule has 2 rings (SSSR count). The van der Waals surface area contributed by atoms with Gasteiger partial charge in [0.15, 0.2) is 5.16 Å². The Morgan fingerprint density at radius 3 is 2.71 bits per heavy atom. The van der Waals surface area contributed by atoms with Gasteiger partial charge in [-0.2, -0.15) is 0 Å². The van der Waals surface area contributed by atoms with Crippen molar-refractivity contribution in [3.05, 3.63) is 54.4 Å². The lowest BCUT2D eigenvalue weighted by Crippen LogP contribution is -2.05. The predicted octanol–water partition coefficient (Wildman–Crippen LogP) is 4.34. The van der Waals surface area contributed by atoms with Crippen molar-refractivity contribution < 1.29 is 0 Å². The number of allylic oxidation sites excluding steroid dienone is 1. The monoisotopic (exact) mass is 301 g/mol. The number of nitrogens with zero attached hydrogens (tertiary/aromatic N) is 3. The van der Waals surface area contributed by atoms with E-state index in [1.807, 2.05) is 12.1 Å². The largest absolute Gasteiger partial charge is 0.302 e. The van der Waals surface area contributed by atoms with Crippen molar-refractivity contribution in [3.8, 4) is 0 Å². The molecule has 112 valence electrons. The minimum atomic E-state index is 0.769. The van der Waals surface area contributed by atoms with Gasteiger partial charge in [0, 0.05) is 18.7 Å². The van der Waals surface area contributed by atoms with Crippen molar-refractivity contribution in [2.75, 3.05) is 5.75 Å². The zero-order valence-corrected chi connectivity index (χ0v) is 13.5. The Morgan fingerprint density at radius 1 is 1.19 bits per heavy atom. The van der Waals surface area contributed by atoms with Crippen LogP contribution in [0.25, 0.3) is 0 Å². The van der Waals surface area contributed by atoms with Crippen molar-refractivity contribution in [3.63, 3.8) is 0 Å². The van der Waals surface area contributed by atoms with Crippen LogP contribution in [0, 0.1) is 0 Å². The Hall–Kier alpha value is -1.55. The second kappa shape index (κ2) is 8.67. The van der Waals surface area contributed by atoms with E-state index in [1.165, 1.54) is 24.8 Å². The van der Waals surface area contributed by atoms with Crippen LogP contribution in [0.1, 0.15) is 37.6 Å². The molecular weight excluding hydrogens is 278 g/mol. The van der Waals surface area contributed by atoms with E-state index in [1.54, 1.807) is 11.8 Å². The summed E-state index contributed by atoms with van der Waals surface area (Å²) in [7, 11) is 0. The highest BCUT2D eigenvalue weighted by Gasteiger charge is 2.11. The molecule has 0 amide bonds. The zero-order valence-electron chi connectivity index (χ0n) is 12.7. The van der Waals surface area contributed by atoms with E-state index in [0.717, 1.165) is 29.7 Å². The molecule has 0 aliphatic carbocycles. The first-order valence-electron chi connectivity index (χ1n) is 7.54. The summed E-state index contributed by atoms with van der Waals surface area (Å²) in [5.74, 6) is 2.12. The molecule has 0 saturated carbocycles. The van der Waals surface area contributed by atoms with Crippen LogP contribution in [0.5, 0.6) is 0 Å². The van der Waals surface area contributed by atoms with Gasteiger partial charge in [-0.05, 0) is 12.0 Å². The molecule has 21 heavy (non-hydrogen) atoms. The summed E-state index contributed by atoms with van der Waals surface area (Å²) in [6.45, 7) is 6.84. The second-order valence-corrected chi connectivity index (χ2v) is 6.08. The topological polar surface area (TPSA) is 30.7 Å². The van der Waals surface area contributed by atoms with Gasteiger partial charge in [-0.15, -0.1) is 16.8 Å². The van der Waals surface area contributed by atoms with Gasteiger partial charge in [0.2, 0.25) is 0 Å². The highest BCUT2D eigenvalue weighted by molar-refractivity contribution is 7.99. The fraction of sp³-hybridized carbons (Fsp3) is 0.412. The van der Waals surface area contributed by atoms with Crippen LogP contribution >= 0.6 is 11.8 Å². The Kier molecular flexibility index (Phi) is 6.54. The summed E-state index contributed by atoms with van der Waals surface area (Å²) in [6.07, 6.45) is 6.49. The van der Waals surface area contributed by atoms with Crippen molar-refractivity contribution in [1.29, 1.82) is 0 Å². The van der Waals surface area contributed by atoms with E-state index >= 15 is 0 Å². The molecule has 1 heterocycles. The summed E-state index contributed by atoms with van der Waals surface area (Å²) in [5.41, 5.74) is 1.26.